The van der Waals surface area contributed by atoms with Crippen LogP contribution in [0.1, 0.15) is 34.5 Å². The molecule has 6 heterocycles. The molecule has 0 saturated carbocycles. The molecule has 12 nitrogen and oxygen atoms in total. The van der Waals surface area contributed by atoms with Crippen molar-refractivity contribution < 1.29 is 31.1 Å². The minimum atomic E-state index is -5.24. The fourth-order valence-corrected chi connectivity index (χ4v) is 5.46. The average Bonchev–Trinajstić information content (AvgIpc) is 3.68. The smallest absolute Gasteiger partial charge is 0.378 e. The largest absolute Gasteiger partial charge is 0.451 e. The molecular formula is C26H21F6N11O. The first-order valence-electron chi connectivity index (χ1n) is 13.4. The Morgan fingerprint density at radius 3 is 2.11 bits per heavy atom. The van der Waals surface area contributed by atoms with Gasteiger partial charge in [-0.05, 0) is 30.2 Å². The Morgan fingerprint density at radius 1 is 0.818 bits per heavy atom. The predicted octanol–water partition coefficient (Wildman–Crippen LogP) is 3.75. The van der Waals surface area contributed by atoms with Gasteiger partial charge in [-0.15, -0.1) is 0 Å². The van der Waals surface area contributed by atoms with Crippen LogP contribution >= 0.6 is 0 Å². The molecule has 0 radical (unpaired) electrons. The lowest BCUT2D eigenvalue weighted by molar-refractivity contribution is -0.155. The number of H-pyrrole nitrogens is 1. The lowest BCUT2D eigenvalue weighted by atomic mass is 9.94. The third-order valence-electron chi connectivity index (χ3n) is 7.42. The molecule has 7 rings (SSSR count). The molecule has 1 aromatic carbocycles. The van der Waals surface area contributed by atoms with Crippen LogP contribution in [0.3, 0.4) is 0 Å². The summed E-state index contributed by atoms with van der Waals surface area (Å²) in [5.74, 6) is -4.23. The average molecular weight is 618 g/mol. The second-order valence-electron chi connectivity index (χ2n) is 10.1. The highest BCUT2D eigenvalue weighted by Crippen LogP contribution is 2.41. The molecule has 0 spiro atoms. The first-order chi connectivity index (χ1) is 21.1. The number of nitrogens with one attached hydrogen (secondary N) is 1. The summed E-state index contributed by atoms with van der Waals surface area (Å²) in [7, 11) is 0. The van der Waals surface area contributed by atoms with Crippen LogP contribution in [0.25, 0.3) is 16.6 Å². The van der Waals surface area contributed by atoms with Crippen LogP contribution in [0, 0.1) is 0 Å². The predicted molar refractivity (Wildman–Crippen MR) is 141 cm³/mol. The van der Waals surface area contributed by atoms with Crippen molar-refractivity contribution in [1.29, 1.82) is 0 Å². The third kappa shape index (κ3) is 5.03. The number of fused-ring (bicyclic) bond motifs is 3. The number of benzene rings is 1. The zero-order chi connectivity index (χ0) is 30.6. The van der Waals surface area contributed by atoms with Gasteiger partial charge in [-0.25, -0.2) is 15.0 Å². The van der Waals surface area contributed by atoms with E-state index in [1.807, 2.05) is 11.0 Å². The van der Waals surface area contributed by atoms with Gasteiger partial charge in [0.25, 0.3) is 0 Å². The minimum absolute atomic E-state index is 0.0152. The summed E-state index contributed by atoms with van der Waals surface area (Å²) in [5, 5.41) is 9.12. The Labute approximate surface area is 243 Å². The van der Waals surface area contributed by atoms with Gasteiger partial charge in [-0.3, -0.25) is 0 Å². The third-order valence-corrected chi connectivity index (χ3v) is 7.42. The maximum Gasteiger partial charge on any atom is 0.451 e. The molecule has 44 heavy (non-hydrogen) atoms. The molecule has 0 unspecified atom stereocenters. The molecule has 0 amide bonds. The van der Waals surface area contributed by atoms with Gasteiger partial charge in [-0.1, -0.05) is 0 Å². The number of alkyl halides is 6. The molecule has 5 aromatic rings. The van der Waals surface area contributed by atoms with Crippen molar-refractivity contribution in [3.63, 3.8) is 0 Å². The Morgan fingerprint density at radius 2 is 1.48 bits per heavy atom. The second-order valence-corrected chi connectivity index (χ2v) is 10.1. The zero-order valence-electron chi connectivity index (χ0n) is 22.5. The summed E-state index contributed by atoms with van der Waals surface area (Å²) < 4.78 is 87.5. The lowest BCUT2D eigenvalue weighted by Gasteiger charge is -2.36. The van der Waals surface area contributed by atoms with Crippen molar-refractivity contribution in [2.45, 2.75) is 24.8 Å². The number of hydrogen-bond acceptors (Lipinski definition) is 10. The normalized spacial score (nSPS) is 17.7. The van der Waals surface area contributed by atoms with E-state index in [1.165, 1.54) is 34.5 Å². The summed E-state index contributed by atoms with van der Waals surface area (Å²) in [6.07, 6.45) is -4.15. The van der Waals surface area contributed by atoms with Crippen LogP contribution in [0.5, 0.6) is 0 Å². The van der Waals surface area contributed by atoms with Crippen molar-refractivity contribution in [3.05, 3.63) is 71.5 Å². The van der Waals surface area contributed by atoms with Gasteiger partial charge in [0.05, 0.1) is 31.3 Å². The Balaban J connectivity index is 1.37. The Bertz CT molecular complexity index is 1770. The topological polar surface area (TPSA) is 127 Å². The maximum absolute atomic E-state index is 13.7. The molecule has 4 aromatic heterocycles. The van der Waals surface area contributed by atoms with Crippen molar-refractivity contribution in [2.75, 3.05) is 42.6 Å². The van der Waals surface area contributed by atoms with Gasteiger partial charge in [0, 0.05) is 54.2 Å². The quantitative estimate of drug-likeness (QED) is 0.298. The number of rotatable bonds is 4. The summed E-state index contributed by atoms with van der Waals surface area (Å²) in [4.78, 5) is 26.5. The monoisotopic (exact) mass is 617 g/mol. The molecule has 1 atom stereocenters. The zero-order valence-corrected chi connectivity index (χ0v) is 22.5. The number of morpholine rings is 1. The minimum Gasteiger partial charge on any atom is -0.378 e. The fourth-order valence-electron chi connectivity index (χ4n) is 5.46. The summed E-state index contributed by atoms with van der Waals surface area (Å²) >= 11 is 0. The molecule has 0 aliphatic carbocycles. The van der Waals surface area contributed by atoms with E-state index >= 15 is 0 Å². The van der Waals surface area contributed by atoms with E-state index in [0.29, 0.717) is 54.7 Å². The van der Waals surface area contributed by atoms with Crippen LogP contribution in [0.4, 0.5) is 38.2 Å². The van der Waals surface area contributed by atoms with Gasteiger partial charge >= 0.3 is 12.4 Å². The second kappa shape index (κ2) is 10.4. The van der Waals surface area contributed by atoms with E-state index in [-0.39, 0.29) is 13.0 Å². The Kier molecular flexibility index (Phi) is 6.60. The maximum atomic E-state index is 13.7. The van der Waals surface area contributed by atoms with Crippen molar-refractivity contribution in [3.8, 4) is 5.69 Å². The van der Waals surface area contributed by atoms with Gasteiger partial charge in [0.2, 0.25) is 23.5 Å². The first kappa shape index (κ1) is 27.9. The van der Waals surface area contributed by atoms with Crippen LogP contribution in [0.15, 0.2) is 43.0 Å². The van der Waals surface area contributed by atoms with Crippen molar-refractivity contribution >= 4 is 22.8 Å². The summed E-state index contributed by atoms with van der Waals surface area (Å²) in [6, 6.07) is 4.50. The first-order valence-corrected chi connectivity index (χ1v) is 13.4. The molecule has 2 aliphatic rings. The standard InChI is InChI=1S/C26H21F6N11O/c27-25(28,29)21-38-22(26(30,31)32)40-24(39-21)42-6-3-16-17-11-15(43-35-4-5-36-43)1-2-18(17)37-19(16)20(42)14-12-33-23(34-13-14)41-7-9-44-10-8-41/h1-2,4-5,11-13,20,37H,3,6-10H2/t20-/m0/s1. The van der Waals surface area contributed by atoms with E-state index in [1.54, 1.807) is 12.1 Å². The molecule has 2 aliphatic heterocycles. The highest BCUT2D eigenvalue weighted by Gasteiger charge is 2.43. The number of ether oxygens (including phenoxy) is 1. The molecule has 228 valence electrons. The van der Waals surface area contributed by atoms with Crippen LogP contribution in [-0.4, -0.2) is 77.7 Å². The molecule has 1 fully saturated rings. The Hall–Kier alpha value is -4.87. The number of aromatic amines is 1. The van der Waals surface area contributed by atoms with Crippen LogP contribution < -0.4 is 9.80 Å². The number of anilines is 2. The van der Waals surface area contributed by atoms with E-state index < -0.39 is 36.0 Å². The van der Waals surface area contributed by atoms with E-state index in [2.05, 4.69) is 40.1 Å². The number of halogens is 6. The van der Waals surface area contributed by atoms with Gasteiger partial charge in [0.15, 0.2) is 0 Å². The van der Waals surface area contributed by atoms with Crippen molar-refractivity contribution in [2.24, 2.45) is 0 Å². The molecule has 1 saturated heterocycles. The molecule has 1 N–H and O–H groups in total. The van der Waals surface area contributed by atoms with Gasteiger partial charge < -0.3 is 19.5 Å². The number of hydrogen-bond donors (Lipinski definition) is 1. The van der Waals surface area contributed by atoms with Crippen molar-refractivity contribution in [1.82, 2.24) is 44.9 Å². The highest BCUT2D eigenvalue weighted by molar-refractivity contribution is 5.87. The molecule has 18 heteroatoms. The van der Waals surface area contributed by atoms with E-state index in [9.17, 15) is 26.3 Å². The fraction of sp³-hybridized carbons (Fsp3) is 0.346. The van der Waals surface area contributed by atoms with E-state index in [0.717, 1.165) is 10.9 Å². The number of nitrogens with zero attached hydrogens (tertiary/aromatic N) is 10. The SMILES string of the molecule is FC(F)(F)c1nc(N2CCc3c([nH]c4ccc(-n5nccn5)cc34)[C@@H]2c2cnc(N3CCOCC3)nc2)nc(C(F)(F)F)n1. The van der Waals surface area contributed by atoms with Gasteiger partial charge in [0.1, 0.15) is 6.04 Å². The summed E-state index contributed by atoms with van der Waals surface area (Å²) in [6.45, 7) is 2.12. The number of aromatic nitrogens is 9. The molecular weight excluding hydrogens is 596 g/mol. The van der Waals surface area contributed by atoms with E-state index in [4.69, 9.17) is 4.74 Å². The van der Waals surface area contributed by atoms with Crippen LogP contribution in [-0.2, 0) is 23.5 Å². The lowest BCUT2D eigenvalue weighted by Crippen LogP contribution is -2.39. The summed E-state index contributed by atoms with van der Waals surface area (Å²) in [5.41, 5.74) is 3.12. The van der Waals surface area contributed by atoms with Gasteiger partial charge in [-0.2, -0.15) is 51.3 Å². The van der Waals surface area contributed by atoms with Crippen LogP contribution in [0.2, 0.25) is 0 Å². The highest BCUT2D eigenvalue weighted by atomic mass is 19.4. The molecule has 0 bridgehead atoms.